The average molecular weight is 364 g/mol. The van der Waals surface area contributed by atoms with Crippen LogP contribution in [0.1, 0.15) is 16.8 Å². The molecule has 0 bridgehead atoms. The van der Waals surface area contributed by atoms with Gasteiger partial charge in [0.25, 0.3) is 5.91 Å². The van der Waals surface area contributed by atoms with Crippen LogP contribution in [0.3, 0.4) is 0 Å². The summed E-state index contributed by atoms with van der Waals surface area (Å²) < 4.78 is 13.4. The van der Waals surface area contributed by atoms with E-state index >= 15 is 0 Å². The minimum Gasteiger partial charge on any atom is -0.337 e. The first-order chi connectivity index (χ1) is 9.63. The van der Waals surface area contributed by atoms with Crippen LogP contribution in [0.5, 0.6) is 0 Å². The molecule has 6 heteroatoms. The molecule has 20 heavy (non-hydrogen) atoms. The van der Waals surface area contributed by atoms with Crippen molar-refractivity contribution in [2.45, 2.75) is 6.42 Å². The number of carbonyl (C=O) groups is 1. The van der Waals surface area contributed by atoms with E-state index in [0.29, 0.717) is 13.1 Å². The van der Waals surface area contributed by atoms with Crippen LogP contribution in [0.2, 0.25) is 5.02 Å². The van der Waals surface area contributed by atoms with Crippen molar-refractivity contribution in [3.8, 4) is 0 Å². The summed E-state index contributed by atoms with van der Waals surface area (Å²) in [6, 6.07) is 4.36. The van der Waals surface area contributed by atoms with Gasteiger partial charge in [0.2, 0.25) is 0 Å². The molecule has 1 fully saturated rings. The molecule has 0 unspecified atom stereocenters. The first kappa shape index (κ1) is 15.7. The molecule has 0 aromatic heterocycles. The Morgan fingerprint density at radius 1 is 1.30 bits per heavy atom. The number of nitrogens with zero attached hydrogens (tertiary/aromatic N) is 2. The van der Waals surface area contributed by atoms with Crippen LogP contribution in [0, 0.1) is 5.82 Å². The van der Waals surface area contributed by atoms with Crippen molar-refractivity contribution in [2.24, 2.45) is 0 Å². The Morgan fingerprint density at radius 3 is 2.85 bits per heavy atom. The fourth-order valence-electron chi connectivity index (χ4n) is 2.36. The van der Waals surface area contributed by atoms with Crippen LogP contribution in [-0.4, -0.2) is 53.8 Å². The van der Waals surface area contributed by atoms with E-state index in [-0.39, 0.29) is 16.5 Å². The van der Waals surface area contributed by atoms with Crippen LogP contribution in [-0.2, 0) is 0 Å². The quantitative estimate of drug-likeness (QED) is 0.771. The molecule has 0 aliphatic carbocycles. The summed E-state index contributed by atoms with van der Waals surface area (Å²) in [5.74, 6) is -0.733. The highest BCUT2D eigenvalue weighted by Gasteiger charge is 2.22. The van der Waals surface area contributed by atoms with Gasteiger partial charge in [0.1, 0.15) is 5.82 Å². The summed E-state index contributed by atoms with van der Waals surface area (Å²) in [6.45, 7) is 4.13. The number of alkyl halides is 1. The maximum Gasteiger partial charge on any atom is 0.255 e. The number of benzene rings is 1. The predicted molar refractivity (Wildman–Crippen MR) is 82.2 cm³/mol. The molecule has 1 aliphatic heterocycles. The van der Waals surface area contributed by atoms with Gasteiger partial charge in [-0.1, -0.05) is 33.6 Å². The summed E-state index contributed by atoms with van der Waals surface area (Å²) >= 11 is 9.31. The minimum atomic E-state index is -0.548. The molecule has 0 saturated carbocycles. The van der Waals surface area contributed by atoms with Crippen LogP contribution in [0.25, 0.3) is 0 Å². The van der Waals surface area contributed by atoms with Gasteiger partial charge in [0.15, 0.2) is 0 Å². The van der Waals surface area contributed by atoms with Crippen molar-refractivity contribution in [3.05, 3.63) is 34.6 Å². The molecule has 1 aromatic carbocycles. The molecule has 1 saturated heterocycles. The van der Waals surface area contributed by atoms with Crippen molar-refractivity contribution in [3.63, 3.8) is 0 Å². The number of hydrogen-bond acceptors (Lipinski definition) is 2. The van der Waals surface area contributed by atoms with Gasteiger partial charge < -0.3 is 9.80 Å². The molecule has 0 radical (unpaired) electrons. The average Bonchev–Trinajstić information content (AvgIpc) is 2.67. The molecule has 2 rings (SSSR count). The zero-order valence-electron chi connectivity index (χ0n) is 11.1. The second-order valence-electron chi connectivity index (χ2n) is 4.78. The molecule has 0 spiro atoms. The lowest BCUT2D eigenvalue weighted by Crippen LogP contribution is -2.35. The van der Waals surface area contributed by atoms with Crippen LogP contribution in [0.4, 0.5) is 4.39 Å². The van der Waals surface area contributed by atoms with Crippen molar-refractivity contribution < 1.29 is 9.18 Å². The van der Waals surface area contributed by atoms with E-state index in [0.717, 1.165) is 31.4 Å². The Balaban J connectivity index is 2.07. The first-order valence-corrected chi connectivity index (χ1v) is 8.15. The zero-order valence-corrected chi connectivity index (χ0v) is 13.5. The van der Waals surface area contributed by atoms with Gasteiger partial charge >= 0.3 is 0 Å². The molecule has 110 valence electrons. The maximum atomic E-state index is 13.4. The number of hydrogen-bond donors (Lipinski definition) is 0. The Bertz CT molecular complexity index is 486. The molecule has 3 nitrogen and oxygen atoms in total. The largest absolute Gasteiger partial charge is 0.337 e. The molecular weight excluding hydrogens is 347 g/mol. The molecule has 0 N–H and O–H groups in total. The van der Waals surface area contributed by atoms with Crippen LogP contribution >= 0.6 is 27.5 Å². The van der Waals surface area contributed by atoms with Crippen molar-refractivity contribution in [1.29, 1.82) is 0 Å². The predicted octanol–water partition coefficient (Wildman–Crippen LogP) is 3.02. The van der Waals surface area contributed by atoms with E-state index in [4.69, 9.17) is 11.6 Å². The summed E-state index contributed by atoms with van der Waals surface area (Å²) in [7, 11) is 0. The molecular formula is C14H17BrClFN2O. The van der Waals surface area contributed by atoms with Crippen LogP contribution < -0.4 is 0 Å². The highest BCUT2D eigenvalue weighted by molar-refractivity contribution is 9.09. The third-order valence-corrected chi connectivity index (χ3v) is 4.20. The Kier molecular flexibility index (Phi) is 5.81. The number of carbonyl (C=O) groups excluding carboxylic acids is 1. The van der Waals surface area contributed by atoms with Gasteiger partial charge in [-0.15, -0.1) is 0 Å². The van der Waals surface area contributed by atoms with Gasteiger partial charge in [-0.05, 0) is 25.1 Å². The minimum absolute atomic E-state index is 0.0842. The topological polar surface area (TPSA) is 23.6 Å². The van der Waals surface area contributed by atoms with E-state index in [1.165, 1.54) is 12.1 Å². The highest BCUT2D eigenvalue weighted by atomic mass is 79.9. The summed E-state index contributed by atoms with van der Waals surface area (Å²) in [6.07, 6.45) is 0.922. The zero-order chi connectivity index (χ0) is 14.5. The van der Waals surface area contributed by atoms with Crippen molar-refractivity contribution in [2.75, 3.05) is 38.1 Å². The van der Waals surface area contributed by atoms with E-state index < -0.39 is 5.82 Å². The van der Waals surface area contributed by atoms with Crippen LogP contribution in [0.15, 0.2) is 18.2 Å². The molecule has 1 amide bonds. The van der Waals surface area contributed by atoms with E-state index in [1.54, 1.807) is 11.0 Å². The van der Waals surface area contributed by atoms with E-state index in [9.17, 15) is 9.18 Å². The third-order valence-electron chi connectivity index (χ3n) is 3.46. The molecule has 1 heterocycles. The van der Waals surface area contributed by atoms with Gasteiger partial charge in [0.05, 0.1) is 10.6 Å². The van der Waals surface area contributed by atoms with Gasteiger partial charge in [0, 0.05) is 31.5 Å². The standard InChI is InChI=1S/C14H17BrClFN2O/c15-5-8-18-6-2-7-19(10-9-18)14(20)11-3-1-4-12(17)13(11)16/h1,3-4H,2,5-10H2. The SMILES string of the molecule is O=C(c1cccc(F)c1Cl)N1CCCN(CCBr)CC1. The number of halogens is 3. The number of amides is 1. The van der Waals surface area contributed by atoms with Gasteiger partial charge in [-0.2, -0.15) is 0 Å². The highest BCUT2D eigenvalue weighted by Crippen LogP contribution is 2.21. The lowest BCUT2D eigenvalue weighted by Gasteiger charge is -2.22. The summed E-state index contributed by atoms with van der Waals surface area (Å²) in [5, 5.41) is 0.843. The lowest BCUT2D eigenvalue weighted by atomic mass is 10.2. The van der Waals surface area contributed by atoms with Crippen molar-refractivity contribution in [1.82, 2.24) is 9.80 Å². The van der Waals surface area contributed by atoms with Crippen molar-refractivity contribution >= 4 is 33.4 Å². The molecule has 1 aliphatic rings. The summed E-state index contributed by atoms with van der Waals surface area (Å²) in [4.78, 5) is 16.5. The van der Waals surface area contributed by atoms with Gasteiger partial charge in [-0.25, -0.2) is 4.39 Å². The second kappa shape index (κ2) is 7.38. The van der Waals surface area contributed by atoms with E-state index in [2.05, 4.69) is 20.8 Å². The van der Waals surface area contributed by atoms with E-state index in [1.807, 2.05) is 0 Å². The molecule has 1 aromatic rings. The first-order valence-electron chi connectivity index (χ1n) is 6.65. The lowest BCUT2D eigenvalue weighted by molar-refractivity contribution is 0.0761. The fraction of sp³-hybridized carbons (Fsp3) is 0.500. The smallest absolute Gasteiger partial charge is 0.255 e. The normalized spacial score (nSPS) is 17.1. The fourth-order valence-corrected chi connectivity index (χ4v) is 3.06. The molecule has 0 atom stereocenters. The maximum absolute atomic E-state index is 13.4. The summed E-state index contributed by atoms with van der Waals surface area (Å²) in [5.41, 5.74) is 0.251. The van der Waals surface area contributed by atoms with Gasteiger partial charge in [-0.3, -0.25) is 4.79 Å². The third kappa shape index (κ3) is 3.71. The second-order valence-corrected chi connectivity index (χ2v) is 5.95. The Hall–Kier alpha value is -0.650. The number of rotatable bonds is 3. The Labute approximate surface area is 131 Å². The monoisotopic (exact) mass is 362 g/mol. The Morgan fingerprint density at radius 2 is 2.10 bits per heavy atom.